The van der Waals surface area contributed by atoms with E-state index in [9.17, 15) is 17.2 Å². The van der Waals surface area contributed by atoms with Crippen LogP contribution in [0.4, 0.5) is 8.78 Å². The average Bonchev–Trinajstić information content (AvgIpc) is 3.24. The summed E-state index contributed by atoms with van der Waals surface area (Å²) in [5, 5.41) is 0.232. The van der Waals surface area contributed by atoms with Crippen molar-refractivity contribution in [2.24, 2.45) is 5.41 Å². The average molecular weight is 478 g/mol. The standard InChI is InChI=1S/C23H25F2N3O2S2/c1-23(2)8-9-28(20(12-23)16-6-4-3-5-7-16)13-17-10-19(25)21(11-18(17)24)32(29,30)14-22-26-15-27-31-22/h3-7,10-11,15,20H,8-9,12-14H2,1-2H3/t20-/m0/s1. The molecule has 2 heterocycles. The number of piperidine rings is 1. The predicted molar refractivity (Wildman–Crippen MR) is 120 cm³/mol. The van der Waals surface area contributed by atoms with E-state index in [-0.39, 0.29) is 28.6 Å². The molecular weight excluding hydrogens is 452 g/mol. The smallest absolute Gasteiger partial charge is 0.187 e. The molecule has 0 amide bonds. The van der Waals surface area contributed by atoms with E-state index < -0.39 is 32.1 Å². The van der Waals surface area contributed by atoms with E-state index in [2.05, 4.69) is 40.2 Å². The molecular formula is C23H25F2N3O2S2. The zero-order valence-corrected chi connectivity index (χ0v) is 19.6. The normalized spacial score (nSPS) is 19.2. The second kappa shape index (κ2) is 8.96. The van der Waals surface area contributed by atoms with Gasteiger partial charge < -0.3 is 0 Å². The SMILES string of the molecule is CC1(C)CCN(Cc2cc(F)c(S(=O)(=O)Cc3ncns3)cc2F)[C@H](c2ccccc2)C1. The van der Waals surface area contributed by atoms with Crippen molar-refractivity contribution in [1.82, 2.24) is 14.3 Å². The minimum atomic E-state index is -4.08. The van der Waals surface area contributed by atoms with E-state index >= 15 is 0 Å². The highest BCUT2D eigenvalue weighted by Gasteiger charge is 2.34. The van der Waals surface area contributed by atoms with Crippen LogP contribution in [0.25, 0.3) is 0 Å². The van der Waals surface area contributed by atoms with Crippen LogP contribution in [0.1, 0.15) is 48.9 Å². The second-order valence-corrected chi connectivity index (χ2v) is 11.8. The molecule has 1 atom stereocenters. The van der Waals surface area contributed by atoms with Gasteiger partial charge in [-0.3, -0.25) is 4.90 Å². The molecule has 0 spiro atoms. The van der Waals surface area contributed by atoms with Gasteiger partial charge in [-0.1, -0.05) is 44.2 Å². The van der Waals surface area contributed by atoms with E-state index in [1.54, 1.807) is 0 Å². The van der Waals surface area contributed by atoms with E-state index in [0.29, 0.717) is 0 Å². The maximum atomic E-state index is 15.0. The summed E-state index contributed by atoms with van der Waals surface area (Å²) in [6, 6.07) is 11.9. The highest BCUT2D eigenvalue weighted by Crippen LogP contribution is 2.42. The van der Waals surface area contributed by atoms with Crippen molar-refractivity contribution in [3.63, 3.8) is 0 Å². The first-order chi connectivity index (χ1) is 15.1. The van der Waals surface area contributed by atoms with E-state index in [0.717, 1.165) is 48.6 Å². The summed E-state index contributed by atoms with van der Waals surface area (Å²) in [5.74, 6) is -2.18. The first-order valence-corrected chi connectivity index (χ1v) is 12.8. The molecule has 0 N–H and O–H groups in total. The molecule has 1 aromatic heterocycles. The largest absolute Gasteiger partial charge is 0.292 e. The summed E-state index contributed by atoms with van der Waals surface area (Å²) in [7, 11) is -4.08. The molecule has 4 rings (SSSR count). The van der Waals surface area contributed by atoms with Crippen LogP contribution in [-0.2, 0) is 22.1 Å². The number of sulfone groups is 1. The van der Waals surface area contributed by atoms with Gasteiger partial charge in [0.2, 0.25) is 0 Å². The van der Waals surface area contributed by atoms with Crippen molar-refractivity contribution in [3.05, 3.63) is 76.6 Å². The Kier molecular flexibility index (Phi) is 6.42. The summed E-state index contributed by atoms with van der Waals surface area (Å²) in [6.07, 6.45) is 3.07. The minimum Gasteiger partial charge on any atom is -0.292 e. The van der Waals surface area contributed by atoms with Gasteiger partial charge in [0.05, 0.1) is 0 Å². The Hall–Kier alpha value is -2.23. The summed E-state index contributed by atoms with van der Waals surface area (Å²) in [6.45, 7) is 5.39. The Bertz CT molecular complexity index is 1180. The highest BCUT2D eigenvalue weighted by atomic mass is 32.2. The van der Waals surface area contributed by atoms with Gasteiger partial charge >= 0.3 is 0 Å². The lowest BCUT2D eigenvalue weighted by atomic mass is 9.77. The van der Waals surface area contributed by atoms with Crippen molar-refractivity contribution in [1.29, 1.82) is 0 Å². The van der Waals surface area contributed by atoms with Crippen LogP contribution in [0.15, 0.2) is 53.7 Å². The molecule has 0 bridgehead atoms. The van der Waals surface area contributed by atoms with Crippen LogP contribution in [0.3, 0.4) is 0 Å². The van der Waals surface area contributed by atoms with Crippen LogP contribution in [0.5, 0.6) is 0 Å². The maximum Gasteiger partial charge on any atom is 0.187 e. The molecule has 2 aromatic carbocycles. The monoisotopic (exact) mass is 477 g/mol. The van der Waals surface area contributed by atoms with Crippen molar-refractivity contribution in [3.8, 4) is 0 Å². The fraction of sp³-hybridized carbons (Fsp3) is 0.391. The van der Waals surface area contributed by atoms with Crippen LogP contribution in [0.2, 0.25) is 0 Å². The van der Waals surface area contributed by atoms with Crippen LogP contribution in [0, 0.1) is 17.0 Å². The Morgan fingerprint density at radius 2 is 1.91 bits per heavy atom. The van der Waals surface area contributed by atoms with Gasteiger partial charge in [-0.2, -0.15) is 4.37 Å². The lowest BCUT2D eigenvalue weighted by molar-refractivity contribution is 0.0627. The molecule has 32 heavy (non-hydrogen) atoms. The van der Waals surface area contributed by atoms with E-state index in [4.69, 9.17) is 0 Å². The van der Waals surface area contributed by atoms with Gasteiger partial charge in [0.25, 0.3) is 0 Å². The number of benzene rings is 2. The Labute approximate surface area is 191 Å². The van der Waals surface area contributed by atoms with Crippen molar-refractivity contribution < 1.29 is 17.2 Å². The zero-order valence-electron chi connectivity index (χ0n) is 18.0. The lowest BCUT2D eigenvalue weighted by Gasteiger charge is -2.44. The molecule has 0 aliphatic carbocycles. The number of hydrogen-bond donors (Lipinski definition) is 0. The number of likely N-dealkylation sites (tertiary alicyclic amines) is 1. The molecule has 0 unspecified atom stereocenters. The van der Waals surface area contributed by atoms with Crippen LogP contribution in [-0.4, -0.2) is 29.2 Å². The fourth-order valence-corrected chi connectivity index (χ4v) is 6.38. The highest BCUT2D eigenvalue weighted by molar-refractivity contribution is 7.90. The topological polar surface area (TPSA) is 63.2 Å². The Morgan fingerprint density at radius 3 is 2.59 bits per heavy atom. The van der Waals surface area contributed by atoms with Crippen LogP contribution >= 0.6 is 11.5 Å². The Morgan fingerprint density at radius 1 is 1.16 bits per heavy atom. The van der Waals surface area contributed by atoms with Gasteiger partial charge in [0, 0.05) is 18.2 Å². The molecule has 0 radical (unpaired) electrons. The fourth-order valence-electron chi connectivity index (χ4n) is 4.20. The molecule has 9 heteroatoms. The number of nitrogens with zero attached hydrogens (tertiary/aromatic N) is 3. The number of hydrogen-bond acceptors (Lipinski definition) is 6. The Balaban J connectivity index is 1.60. The first kappa shape index (κ1) is 22.9. The molecule has 5 nitrogen and oxygen atoms in total. The second-order valence-electron chi connectivity index (χ2n) is 8.98. The van der Waals surface area contributed by atoms with Crippen LogP contribution < -0.4 is 0 Å². The summed E-state index contributed by atoms with van der Waals surface area (Å²) in [4.78, 5) is 5.33. The van der Waals surface area contributed by atoms with E-state index in [1.807, 2.05) is 18.2 Å². The summed E-state index contributed by atoms with van der Waals surface area (Å²) >= 11 is 0.916. The number of rotatable bonds is 6. The van der Waals surface area contributed by atoms with E-state index in [1.165, 1.54) is 6.33 Å². The van der Waals surface area contributed by atoms with Crippen molar-refractivity contribution >= 4 is 21.4 Å². The van der Waals surface area contributed by atoms with Crippen molar-refractivity contribution in [2.75, 3.05) is 6.54 Å². The third-order valence-electron chi connectivity index (χ3n) is 5.98. The summed E-state index contributed by atoms with van der Waals surface area (Å²) in [5.41, 5.74) is 1.43. The predicted octanol–water partition coefficient (Wildman–Crippen LogP) is 5.15. The third-order valence-corrected chi connectivity index (χ3v) is 8.46. The third kappa shape index (κ3) is 5.05. The quantitative estimate of drug-likeness (QED) is 0.491. The van der Waals surface area contributed by atoms with Gasteiger partial charge in [0.15, 0.2) is 9.84 Å². The zero-order chi connectivity index (χ0) is 22.9. The molecule has 0 saturated carbocycles. The van der Waals surface area contributed by atoms with Gasteiger partial charge in [0.1, 0.15) is 33.6 Å². The van der Waals surface area contributed by atoms with Crippen molar-refractivity contribution in [2.45, 2.75) is 49.9 Å². The molecule has 3 aromatic rings. The first-order valence-electron chi connectivity index (χ1n) is 10.4. The molecule has 170 valence electrons. The maximum absolute atomic E-state index is 15.0. The minimum absolute atomic E-state index is 0.0724. The molecule has 1 aliphatic rings. The van der Waals surface area contributed by atoms with Gasteiger partial charge in [-0.05, 0) is 54.0 Å². The molecule has 1 aliphatic heterocycles. The molecule has 1 saturated heterocycles. The number of halogens is 2. The molecule has 1 fully saturated rings. The van der Waals surface area contributed by atoms with Gasteiger partial charge in [-0.25, -0.2) is 22.2 Å². The lowest BCUT2D eigenvalue weighted by Crippen LogP contribution is -2.39. The van der Waals surface area contributed by atoms with Gasteiger partial charge in [-0.15, -0.1) is 0 Å². The summed E-state index contributed by atoms with van der Waals surface area (Å²) < 4.78 is 58.8. The number of aromatic nitrogens is 2.